The number of hydrogen-bond donors (Lipinski definition) is 1. The molecule has 0 saturated heterocycles. The summed E-state index contributed by atoms with van der Waals surface area (Å²) in [5.41, 5.74) is 1.19. The molecule has 1 atom stereocenters. The molecule has 1 aromatic rings. The molecule has 3 heteroatoms. The van der Waals surface area contributed by atoms with Gasteiger partial charge in [0.15, 0.2) is 0 Å². The highest BCUT2D eigenvalue weighted by molar-refractivity contribution is 6.30. The Kier molecular flexibility index (Phi) is 5.09. The lowest BCUT2D eigenvalue weighted by Gasteiger charge is -2.38. The van der Waals surface area contributed by atoms with Gasteiger partial charge in [0.2, 0.25) is 0 Å². The third kappa shape index (κ3) is 3.95. The summed E-state index contributed by atoms with van der Waals surface area (Å²) < 4.78 is 13.9. The van der Waals surface area contributed by atoms with Gasteiger partial charge in [-0.05, 0) is 74.2 Å². The van der Waals surface area contributed by atoms with Crippen LogP contribution in [0.4, 0.5) is 4.39 Å². The number of halogens is 2. The zero-order valence-corrected chi connectivity index (χ0v) is 13.4. The van der Waals surface area contributed by atoms with Crippen molar-refractivity contribution >= 4 is 11.6 Å². The average Bonchev–Trinajstić information content (AvgIpc) is 2.40. The van der Waals surface area contributed by atoms with Crippen LogP contribution in [0.5, 0.6) is 0 Å². The van der Waals surface area contributed by atoms with Gasteiger partial charge in [0.1, 0.15) is 5.82 Å². The average molecular weight is 298 g/mol. The number of rotatable bonds is 4. The Labute approximate surface area is 126 Å². The quantitative estimate of drug-likeness (QED) is 0.839. The first-order valence-electron chi connectivity index (χ1n) is 7.52. The van der Waals surface area contributed by atoms with Gasteiger partial charge in [0.05, 0.1) is 0 Å². The molecule has 0 spiro atoms. The minimum absolute atomic E-state index is 0.147. The topological polar surface area (TPSA) is 12.0 Å². The van der Waals surface area contributed by atoms with Crippen LogP contribution in [0.1, 0.15) is 45.1 Å². The molecule has 0 aliphatic heterocycles. The van der Waals surface area contributed by atoms with Crippen molar-refractivity contribution in [3.8, 4) is 0 Å². The van der Waals surface area contributed by atoms with Crippen molar-refractivity contribution in [2.75, 3.05) is 7.05 Å². The molecule has 0 amide bonds. The Morgan fingerprint density at radius 3 is 2.60 bits per heavy atom. The van der Waals surface area contributed by atoms with E-state index in [0.717, 1.165) is 5.56 Å². The van der Waals surface area contributed by atoms with E-state index in [4.69, 9.17) is 11.6 Å². The third-order valence-electron chi connectivity index (χ3n) is 4.77. The van der Waals surface area contributed by atoms with Crippen molar-refractivity contribution in [2.24, 2.45) is 11.3 Å². The molecule has 20 heavy (non-hydrogen) atoms. The number of likely N-dealkylation sites (N-methyl/N-ethyl adjacent to an activating group) is 1. The Bertz CT molecular complexity index is 448. The maximum Gasteiger partial charge on any atom is 0.126 e. The van der Waals surface area contributed by atoms with E-state index in [-0.39, 0.29) is 5.82 Å². The number of hydrogen-bond acceptors (Lipinski definition) is 1. The standard InChI is InChI=1S/C17H25ClFN/c1-17(2)8-6-12(7-9-17)16(20-3)11-13-10-14(18)4-5-15(13)19/h4-5,10,12,16,20H,6-9,11H2,1-3H3. The van der Waals surface area contributed by atoms with Crippen LogP contribution in [0.25, 0.3) is 0 Å². The fourth-order valence-corrected chi connectivity index (χ4v) is 3.46. The Balaban J connectivity index is 2.04. The van der Waals surface area contributed by atoms with Crippen molar-refractivity contribution in [1.29, 1.82) is 0 Å². The van der Waals surface area contributed by atoms with Gasteiger partial charge in [-0.25, -0.2) is 4.39 Å². The summed E-state index contributed by atoms with van der Waals surface area (Å²) in [6.45, 7) is 4.68. The fraction of sp³-hybridized carbons (Fsp3) is 0.647. The van der Waals surface area contributed by atoms with E-state index in [0.29, 0.717) is 28.8 Å². The molecule has 112 valence electrons. The largest absolute Gasteiger partial charge is 0.316 e. The summed E-state index contributed by atoms with van der Waals surface area (Å²) in [6.07, 6.45) is 5.68. The molecule has 1 fully saturated rings. The lowest BCUT2D eigenvalue weighted by atomic mass is 9.70. The third-order valence-corrected chi connectivity index (χ3v) is 5.01. The summed E-state index contributed by atoms with van der Waals surface area (Å²) in [4.78, 5) is 0. The van der Waals surface area contributed by atoms with Crippen LogP contribution < -0.4 is 5.32 Å². The first kappa shape index (κ1) is 15.8. The van der Waals surface area contributed by atoms with Gasteiger partial charge < -0.3 is 5.32 Å². The summed E-state index contributed by atoms with van der Waals surface area (Å²) in [5, 5.41) is 4.00. The van der Waals surface area contributed by atoms with Gasteiger partial charge in [0, 0.05) is 11.1 Å². The van der Waals surface area contributed by atoms with E-state index in [1.807, 2.05) is 7.05 Å². The highest BCUT2D eigenvalue weighted by Gasteiger charge is 2.31. The highest BCUT2D eigenvalue weighted by Crippen LogP contribution is 2.39. The molecule has 1 nitrogen and oxygen atoms in total. The maximum absolute atomic E-state index is 13.9. The van der Waals surface area contributed by atoms with E-state index in [1.54, 1.807) is 12.1 Å². The van der Waals surface area contributed by atoms with E-state index in [9.17, 15) is 4.39 Å². The molecule has 0 heterocycles. The Morgan fingerprint density at radius 2 is 2.00 bits per heavy atom. The molecule has 1 unspecified atom stereocenters. The summed E-state index contributed by atoms with van der Waals surface area (Å²) >= 11 is 5.98. The van der Waals surface area contributed by atoms with Crippen molar-refractivity contribution < 1.29 is 4.39 Å². The molecule has 0 bridgehead atoms. The second-order valence-electron chi connectivity index (χ2n) is 6.84. The molecule has 1 aliphatic rings. The number of nitrogens with one attached hydrogen (secondary N) is 1. The predicted octanol–water partition coefficient (Wildman–Crippen LogP) is 4.83. The smallest absolute Gasteiger partial charge is 0.126 e. The van der Waals surface area contributed by atoms with Gasteiger partial charge in [-0.2, -0.15) is 0 Å². The van der Waals surface area contributed by atoms with Crippen LogP contribution in [0.15, 0.2) is 18.2 Å². The summed E-state index contributed by atoms with van der Waals surface area (Å²) in [5.74, 6) is 0.484. The Morgan fingerprint density at radius 1 is 1.35 bits per heavy atom. The molecule has 2 rings (SSSR count). The van der Waals surface area contributed by atoms with Crippen LogP contribution in [0.2, 0.25) is 5.02 Å². The van der Waals surface area contributed by atoms with Crippen LogP contribution in [0, 0.1) is 17.2 Å². The molecule has 1 saturated carbocycles. The molecular weight excluding hydrogens is 273 g/mol. The first-order valence-corrected chi connectivity index (χ1v) is 7.90. The summed E-state index contributed by atoms with van der Waals surface area (Å²) in [6, 6.07) is 5.17. The van der Waals surface area contributed by atoms with E-state index in [2.05, 4.69) is 19.2 Å². The van der Waals surface area contributed by atoms with E-state index < -0.39 is 0 Å². The van der Waals surface area contributed by atoms with Gasteiger partial charge in [-0.15, -0.1) is 0 Å². The van der Waals surface area contributed by atoms with Crippen LogP contribution in [0.3, 0.4) is 0 Å². The minimum Gasteiger partial charge on any atom is -0.316 e. The zero-order valence-electron chi connectivity index (χ0n) is 12.7. The molecular formula is C17H25ClFN. The van der Waals surface area contributed by atoms with Gasteiger partial charge in [-0.1, -0.05) is 25.4 Å². The second kappa shape index (κ2) is 6.44. The minimum atomic E-state index is -0.147. The number of benzene rings is 1. The summed E-state index contributed by atoms with van der Waals surface area (Å²) in [7, 11) is 1.98. The molecule has 1 N–H and O–H groups in total. The maximum atomic E-state index is 13.9. The molecule has 0 aromatic heterocycles. The normalized spacial score (nSPS) is 20.9. The molecule has 1 aromatic carbocycles. The Hall–Kier alpha value is -0.600. The first-order chi connectivity index (χ1) is 9.41. The second-order valence-corrected chi connectivity index (χ2v) is 7.27. The predicted molar refractivity (Wildman–Crippen MR) is 83.7 cm³/mol. The van der Waals surface area contributed by atoms with Crippen molar-refractivity contribution in [2.45, 2.75) is 52.0 Å². The van der Waals surface area contributed by atoms with Crippen LogP contribution in [-0.2, 0) is 6.42 Å². The van der Waals surface area contributed by atoms with E-state index in [1.165, 1.54) is 31.7 Å². The van der Waals surface area contributed by atoms with Crippen molar-refractivity contribution in [1.82, 2.24) is 5.32 Å². The fourth-order valence-electron chi connectivity index (χ4n) is 3.27. The highest BCUT2D eigenvalue weighted by atomic mass is 35.5. The van der Waals surface area contributed by atoms with Crippen LogP contribution >= 0.6 is 11.6 Å². The van der Waals surface area contributed by atoms with Gasteiger partial charge in [-0.3, -0.25) is 0 Å². The molecule has 0 radical (unpaired) electrons. The monoisotopic (exact) mass is 297 g/mol. The van der Waals surface area contributed by atoms with Crippen LogP contribution in [-0.4, -0.2) is 13.1 Å². The van der Waals surface area contributed by atoms with Crippen molar-refractivity contribution in [3.05, 3.63) is 34.6 Å². The van der Waals surface area contributed by atoms with Crippen molar-refractivity contribution in [3.63, 3.8) is 0 Å². The lowest BCUT2D eigenvalue weighted by Crippen LogP contribution is -2.39. The zero-order chi connectivity index (χ0) is 14.8. The van der Waals surface area contributed by atoms with Gasteiger partial charge >= 0.3 is 0 Å². The van der Waals surface area contributed by atoms with Gasteiger partial charge in [0.25, 0.3) is 0 Å². The van der Waals surface area contributed by atoms with E-state index >= 15 is 0 Å². The SMILES string of the molecule is CNC(Cc1cc(Cl)ccc1F)C1CCC(C)(C)CC1. The molecule has 1 aliphatic carbocycles. The lowest BCUT2D eigenvalue weighted by molar-refractivity contribution is 0.163.